The van der Waals surface area contributed by atoms with Gasteiger partial charge >= 0.3 is 0 Å². The number of hydrogen-bond donors (Lipinski definition) is 0. The first kappa shape index (κ1) is 21.2. The fraction of sp³-hybridized carbons (Fsp3) is 0.417. The van der Waals surface area contributed by atoms with Crippen LogP contribution >= 0.6 is 0 Å². The van der Waals surface area contributed by atoms with Crippen molar-refractivity contribution < 1.29 is 19.1 Å². The summed E-state index contributed by atoms with van der Waals surface area (Å²) in [5.74, 6) is 1.64. The minimum atomic E-state index is -0.168. The van der Waals surface area contributed by atoms with Crippen molar-refractivity contribution >= 4 is 17.4 Å². The lowest BCUT2D eigenvalue weighted by molar-refractivity contribution is -0.132. The topological polar surface area (TPSA) is 62.3 Å². The van der Waals surface area contributed by atoms with E-state index in [0.717, 1.165) is 48.9 Å². The van der Waals surface area contributed by atoms with Crippen LogP contribution in [0.3, 0.4) is 0 Å². The van der Waals surface area contributed by atoms with Crippen molar-refractivity contribution in [3.63, 3.8) is 0 Å². The Balaban J connectivity index is 1.23. The molecule has 0 aromatic heterocycles. The van der Waals surface area contributed by atoms with E-state index in [1.165, 1.54) is 0 Å². The average Bonchev–Trinajstić information content (AvgIpc) is 2.79. The highest BCUT2D eigenvalue weighted by Crippen LogP contribution is 2.31. The number of carbonyl (C=O) groups is 2. The van der Waals surface area contributed by atoms with Gasteiger partial charge in [0.25, 0.3) is 0 Å². The maximum atomic E-state index is 12.7. The van der Waals surface area contributed by atoms with Crippen LogP contribution in [0.5, 0.6) is 11.5 Å². The number of Topliss-reactive ketones (excluding diaryl/α,β-unsaturated/α-hetero) is 1. The Morgan fingerprint density at radius 1 is 1.00 bits per heavy atom. The van der Waals surface area contributed by atoms with Gasteiger partial charge in [-0.05, 0) is 43.3 Å². The van der Waals surface area contributed by atoms with Gasteiger partial charge in [-0.25, -0.2) is 0 Å². The first-order valence-corrected chi connectivity index (χ1v) is 10.7. The monoisotopic (exact) mass is 423 g/mol. The first-order chi connectivity index (χ1) is 15.0. The second-order valence-electron chi connectivity index (χ2n) is 8.14. The number of rotatable bonds is 6. The molecule has 4 rings (SSSR count). The van der Waals surface area contributed by atoms with Crippen molar-refractivity contribution in [2.45, 2.75) is 13.0 Å². The molecule has 2 aromatic rings. The molecular formula is C24H29N3O4. The predicted molar refractivity (Wildman–Crippen MR) is 119 cm³/mol. The van der Waals surface area contributed by atoms with Crippen LogP contribution in [0.1, 0.15) is 17.3 Å². The van der Waals surface area contributed by atoms with Crippen molar-refractivity contribution in [2.75, 3.05) is 57.8 Å². The normalized spacial score (nSPS) is 18.5. The SMILES string of the molecule is CC(=O)c1ccc(N2CCN(CC(=O)N(C)C[C@H]3COc4ccccc4O3)CC2)cc1. The highest BCUT2D eigenvalue weighted by atomic mass is 16.6. The minimum Gasteiger partial charge on any atom is -0.486 e. The number of anilines is 1. The van der Waals surface area contributed by atoms with Gasteiger partial charge in [-0.3, -0.25) is 14.5 Å². The zero-order valence-electron chi connectivity index (χ0n) is 18.1. The highest BCUT2D eigenvalue weighted by molar-refractivity contribution is 5.94. The van der Waals surface area contributed by atoms with Crippen LogP contribution in [0.15, 0.2) is 48.5 Å². The van der Waals surface area contributed by atoms with Crippen molar-refractivity contribution in [1.82, 2.24) is 9.80 Å². The molecule has 0 radical (unpaired) electrons. The standard InChI is InChI=1S/C24H29N3O4/c1-18(28)19-7-9-20(10-8-19)27-13-11-26(12-14-27)16-24(29)25(2)15-21-17-30-22-5-3-4-6-23(22)31-21/h3-10,21H,11-17H2,1-2H3/t21-/m0/s1. The van der Waals surface area contributed by atoms with Gasteiger partial charge in [-0.2, -0.15) is 0 Å². The number of benzene rings is 2. The Morgan fingerprint density at radius 2 is 1.68 bits per heavy atom. The Labute approximate surface area is 183 Å². The summed E-state index contributed by atoms with van der Waals surface area (Å²) in [6.45, 7) is 6.27. The lowest BCUT2D eigenvalue weighted by Crippen LogP contribution is -2.51. The number of fused-ring (bicyclic) bond motifs is 1. The Hall–Kier alpha value is -3.06. The van der Waals surface area contributed by atoms with E-state index in [9.17, 15) is 9.59 Å². The first-order valence-electron chi connectivity index (χ1n) is 10.7. The summed E-state index contributed by atoms with van der Waals surface area (Å²) in [7, 11) is 1.82. The van der Waals surface area contributed by atoms with Gasteiger partial charge in [0.05, 0.1) is 13.1 Å². The molecule has 0 aliphatic carbocycles. The fourth-order valence-electron chi connectivity index (χ4n) is 3.94. The summed E-state index contributed by atoms with van der Waals surface area (Å²) in [4.78, 5) is 30.4. The Kier molecular flexibility index (Phi) is 6.42. The summed E-state index contributed by atoms with van der Waals surface area (Å²) >= 11 is 0. The molecule has 0 N–H and O–H groups in total. The van der Waals surface area contributed by atoms with E-state index in [0.29, 0.717) is 19.7 Å². The van der Waals surface area contributed by atoms with Crippen LogP contribution in [-0.2, 0) is 4.79 Å². The molecule has 2 heterocycles. The molecule has 0 saturated carbocycles. The van der Waals surface area contributed by atoms with E-state index >= 15 is 0 Å². The lowest BCUT2D eigenvalue weighted by atomic mass is 10.1. The quantitative estimate of drug-likeness (QED) is 0.665. The predicted octanol–water partition coefficient (Wildman–Crippen LogP) is 2.31. The summed E-state index contributed by atoms with van der Waals surface area (Å²) in [6, 6.07) is 15.3. The summed E-state index contributed by atoms with van der Waals surface area (Å²) in [5, 5.41) is 0. The number of ether oxygens (including phenoxy) is 2. The third kappa shape index (κ3) is 5.17. The van der Waals surface area contributed by atoms with Gasteiger partial charge in [0, 0.05) is 44.5 Å². The van der Waals surface area contributed by atoms with Crippen LogP contribution in [0.4, 0.5) is 5.69 Å². The number of piperazine rings is 1. The number of ketones is 1. The van der Waals surface area contributed by atoms with Gasteiger partial charge in [0.2, 0.25) is 5.91 Å². The third-order valence-electron chi connectivity index (χ3n) is 5.84. The highest BCUT2D eigenvalue weighted by Gasteiger charge is 2.25. The van der Waals surface area contributed by atoms with Gasteiger partial charge in [-0.15, -0.1) is 0 Å². The summed E-state index contributed by atoms with van der Waals surface area (Å²) in [6.07, 6.45) is -0.168. The molecule has 1 amide bonds. The maximum absolute atomic E-state index is 12.7. The molecule has 1 fully saturated rings. The van der Waals surface area contributed by atoms with E-state index in [1.807, 2.05) is 55.6 Å². The molecule has 1 atom stereocenters. The van der Waals surface area contributed by atoms with Gasteiger partial charge in [0.1, 0.15) is 6.61 Å². The molecule has 7 nitrogen and oxygen atoms in total. The summed E-state index contributed by atoms with van der Waals surface area (Å²) in [5.41, 5.74) is 1.84. The molecule has 7 heteroatoms. The number of para-hydroxylation sites is 2. The van der Waals surface area contributed by atoms with Crippen LogP contribution in [0.25, 0.3) is 0 Å². The second kappa shape index (κ2) is 9.39. The van der Waals surface area contributed by atoms with Gasteiger partial charge in [0.15, 0.2) is 23.4 Å². The van der Waals surface area contributed by atoms with Gasteiger partial charge < -0.3 is 19.3 Å². The van der Waals surface area contributed by atoms with Crippen LogP contribution in [0, 0.1) is 0 Å². The van der Waals surface area contributed by atoms with E-state index in [2.05, 4.69) is 9.80 Å². The van der Waals surface area contributed by atoms with Gasteiger partial charge in [-0.1, -0.05) is 12.1 Å². The molecule has 0 bridgehead atoms. The maximum Gasteiger partial charge on any atom is 0.236 e. The largest absolute Gasteiger partial charge is 0.486 e. The third-order valence-corrected chi connectivity index (χ3v) is 5.84. The van der Waals surface area contributed by atoms with E-state index in [4.69, 9.17) is 9.47 Å². The van der Waals surface area contributed by atoms with Crippen molar-refractivity contribution in [3.05, 3.63) is 54.1 Å². The molecular weight excluding hydrogens is 394 g/mol. The average molecular weight is 424 g/mol. The zero-order chi connectivity index (χ0) is 21.8. The Morgan fingerprint density at radius 3 is 2.35 bits per heavy atom. The van der Waals surface area contributed by atoms with Crippen LogP contribution < -0.4 is 14.4 Å². The van der Waals surface area contributed by atoms with Crippen molar-refractivity contribution in [2.24, 2.45) is 0 Å². The van der Waals surface area contributed by atoms with E-state index < -0.39 is 0 Å². The van der Waals surface area contributed by atoms with Crippen LogP contribution in [-0.4, -0.2) is 80.5 Å². The van der Waals surface area contributed by atoms with E-state index in [1.54, 1.807) is 11.8 Å². The summed E-state index contributed by atoms with van der Waals surface area (Å²) < 4.78 is 11.7. The fourth-order valence-corrected chi connectivity index (χ4v) is 3.94. The van der Waals surface area contributed by atoms with Crippen molar-refractivity contribution in [3.8, 4) is 11.5 Å². The molecule has 0 unspecified atom stereocenters. The molecule has 164 valence electrons. The lowest BCUT2D eigenvalue weighted by Gasteiger charge is -2.36. The number of carbonyl (C=O) groups excluding carboxylic acids is 2. The number of hydrogen-bond acceptors (Lipinski definition) is 6. The smallest absolute Gasteiger partial charge is 0.236 e. The zero-order valence-corrected chi connectivity index (χ0v) is 18.1. The van der Waals surface area contributed by atoms with E-state index in [-0.39, 0.29) is 17.8 Å². The number of likely N-dealkylation sites (N-methyl/N-ethyl adjacent to an activating group) is 1. The number of nitrogens with zero attached hydrogens (tertiary/aromatic N) is 3. The second-order valence-corrected chi connectivity index (χ2v) is 8.14. The Bertz CT molecular complexity index is 923. The molecule has 1 saturated heterocycles. The number of amides is 1. The minimum absolute atomic E-state index is 0.0772. The molecule has 2 aliphatic rings. The molecule has 2 aromatic carbocycles. The van der Waals surface area contributed by atoms with Crippen molar-refractivity contribution in [1.29, 1.82) is 0 Å². The van der Waals surface area contributed by atoms with Crippen LogP contribution in [0.2, 0.25) is 0 Å². The molecule has 0 spiro atoms. The molecule has 31 heavy (non-hydrogen) atoms. The molecule has 2 aliphatic heterocycles.